The van der Waals surface area contributed by atoms with Gasteiger partial charge in [0, 0.05) is 18.7 Å². The predicted octanol–water partition coefficient (Wildman–Crippen LogP) is -0.623. The van der Waals surface area contributed by atoms with E-state index in [2.05, 4.69) is 10.6 Å². The average molecular weight is 281 g/mol. The number of hydrogen-bond donors (Lipinski definition) is 5. The Balaban J connectivity index is 2.59. The van der Waals surface area contributed by atoms with E-state index in [0.717, 1.165) is 6.07 Å². The summed E-state index contributed by atoms with van der Waals surface area (Å²) in [6.45, 7) is 0.809. The van der Waals surface area contributed by atoms with Gasteiger partial charge in [0.05, 0.1) is 5.56 Å². The summed E-state index contributed by atoms with van der Waals surface area (Å²) >= 11 is 0. The summed E-state index contributed by atoms with van der Waals surface area (Å²) in [4.78, 5) is 32.8. The molecule has 0 heterocycles. The molecular weight excluding hydrogens is 266 g/mol. The molecule has 0 aromatic heterocycles. The molecule has 8 nitrogen and oxygen atoms in total. The summed E-state index contributed by atoms with van der Waals surface area (Å²) in [6.07, 6.45) is 1.15. The first kappa shape index (κ1) is 15.4. The van der Waals surface area contributed by atoms with Crippen LogP contribution < -0.4 is 16.1 Å². The number of carbonyl (C=O) groups is 3. The van der Waals surface area contributed by atoms with Crippen LogP contribution in [0.15, 0.2) is 18.2 Å². The molecule has 0 saturated heterocycles. The molecule has 0 saturated carbocycles. The third kappa shape index (κ3) is 4.25. The van der Waals surface area contributed by atoms with Crippen LogP contribution in [0.5, 0.6) is 5.75 Å². The lowest BCUT2D eigenvalue weighted by Gasteiger charge is -2.07. The number of nitrogens with one attached hydrogen (secondary N) is 3. The Morgan fingerprint density at radius 2 is 1.95 bits per heavy atom. The molecule has 0 atom stereocenters. The van der Waals surface area contributed by atoms with E-state index in [1.54, 1.807) is 0 Å². The van der Waals surface area contributed by atoms with Crippen molar-refractivity contribution >= 4 is 18.2 Å². The molecule has 0 fully saturated rings. The van der Waals surface area contributed by atoms with Crippen LogP contribution in [0.3, 0.4) is 0 Å². The van der Waals surface area contributed by atoms with Crippen LogP contribution in [0.2, 0.25) is 0 Å². The zero-order chi connectivity index (χ0) is 15.0. The minimum atomic E-state index is -0.866. The molecule has 8 heteroatoms. The van der Waals surface area contributed by atoms with E-state index in [9.17, 15) is 19.5 Å². The van der Waals surface area contributed by atoms with E-state index in [-0.39, 0.29) is 11.1 Å². The number of hydroxylamine groups is 1. The maximum atomic E-state index is 11.7. The number of hydrogen-bond acceptors (Lipinski definition) is 5. The van der Waals surface area contributed by atoms with Crippen molar-refractivity contribution in [2.45, 2.75) is 6.42 Å². The van der Waals surface area contributed by atoms with Crippen LogP contribution in [0.4, 0.5) is 0 Å². The van der Waals surface area contributed by atoms with E-state index < -0.39 is 17.6 Å². The highest BCUT2D eigenvalue weighted by Gasteiger charge is 2.13. The topological polar surface area (TPSA) is 128 Å². The van der Waals surface area contributed by atoms with Crippen molar-refractivity contribution in [1.82, 2.24) is 16.1 Å². The minimum Gasteiger partial charge on any atom is -0.507 e. The number of carbonyl (C=O) groups excluding carboxylic acids is 3. The largest absolute Gasteiger partial charge is 0.507 e. The van der Waals surface area contributed by atoms with Crippen LogP contribution in [0.1, 0.15) is 27.1 Å². The Kier molecular flexibility index (Phi) is 5.98. The minimum absolute atomic E-state index is 0.140. The molecule has 108 valence electrons. The van der Waals surface area contributed by atoms with E-state index in [4.69, 9.17) is 5.21 Å². The van der Waals surface area contributed by atoms with Crippen LogP contribution in [0, 0.1) is 0 Å². The Morgan fingerprint density at radius 3 is 2.55 bits per heavy atom. The zero-order valence-corrected chi connectivity index (χ0v) is 10.5. The van der Waals surface area contributed by atoms with E-state index in [1.165, 1.54) is 17.6 Å². The fourth-order valence-electron chi connectivity index (χ4n) is 1.48. The van der Waals surface area contributed by atoms with Crippen LogP contribution in [-0.4, -0.2) is 41.6 Å². The summed E-state index contributed by atoms with van der Waals surface area (Å²) in [5.74, 6) is -1.69. The van der Waals surface area contributed by atoms with Crippen molar-refractivity contribution in [1.29, 1.82) is 0 Å². The molecule has 0 bridgehead atoms. The number of benzene rings is 1. The molecule has 1 aromatic carbocycles. The number of phenolic OH excluding ortho intramolecular Hbond substituents is 1. The number of aromatic hydroxyl groups is 1. The summed E-state index contributed by atoms with van der Waals surface area (Å²) in [6, 6.07) is 3.70. The van der Waals surface area contributed by atoms with Crippen molar-refractivity contribution < 1.29 is 24.7 Å². The van der Waals surface area contributed by atoms with Gasteiger partial charge in [-0.15, -0.1) is 0 Å². The third-order valence-corrected chi connectivity index (χ3v) is 2.47. The fourth-order valence-corrected chi connectivity index (χ4v) is 1.48. The first-order valence-electron chi connectivity index (χ1n) is 5.82. The van der Waals surface area contributed by atoms with Crippen molar-refractivity contribution in [3.8, 4) is 5.75 Å². The molecule has 0 unspecified atom stereocenters. The molecule has 0 aliphatic heterocycles. The van der Waals surface area contributed by atoms with Crippen LogP contribution in [-0.2, 0) is 4.79 Å². The Hall–Kier alpha value is -2.61. The molecule has 1 rings (SSSR count). The molecular formula is C12H15N3O5. The Labute approximate surface area is 114 Å². The van der Waals surface area contributed by atoms with Gasteiger partial charge in [-0.05, 0) is 24.6 Å². The molecule has 0 aliphatic carbocycles. The van der Waals surface area contributed by atoms with Gasteiger partial charge in [-0.3, -0.25) is 19.6 Å². The second kappa shape index (κ2) is 7.74. The second-order valence-electron chi connectivity index (χ2n) is 3.85. The van der Waals surface area contributed by atoms with E-state index >= 15 is 0 Å². The van der Waals surface area contributed by atoms with Gasteiger partial charge in [-0.1, -0.05) is 0 Å². The summed E-state index contributed by atoms with van der Waals surface area (Å²) in [5, 5.41) is 23.1. The fraction of sp³-hybridized carbons (Fsp3) is 0.250. The van der Waals surface area contributed by atoms with E-state index in [1.807, 2.05) is 0 Å². The maximum Gasteiger partial charge on any atom is 0.278 e. The normalized spacial score (nSPS) is 9.65. The molecule has 3 amide bonds. The third-order valence-electron chi connectivity index (χ3n) is 2.47. The number of amides is 3. The molecule has 5 N–H and O–H groups in total. The molecule has 1 aromatic rings. The standard InChI is InChI=1S/C12H15N3O5/c16-7-13-4-1-5-14-11(18)8-2-3-9(10(17)6-8)12(19)15-20/h2-3,6-7,17,20H,1,4-5H2,(H,13,16)(H,14,18)(H,15,19). The van der Waals surface area contributed by atoms with Gasteiger partial charge < -0.3 is 15.7 Å². The van der Waals surface area contributed by atoms with Gasteiger partial charge in [0.2, 0.25) is 6.41 Å². The van der Waals surface area contributed by atoms with Gasteiger partial charge in [0.15, 0.2) is 0 Å². The average Bonchev–Trinajstić information content (AvgIpc) is 2.46. The van der Waals surface area contributed by atoms with Gasteiger partial charge in [-0.2, -0.15) is 0 Å². The molecule has 20 heavy (non-hydrogen) atoms. The summed E-state index contributed by atoms with van der Waals surface area (Å²) in [7, 11) is 0. The van der Waals surface area contributed by atoms with Gasteiger partial charge >= 0.3 is 0 Å². The Bertz CT molecular complexity index is 504. The highest BCUT2D eigenvalue weighted by atomic mass is 16.5. The molecule has 0 spiro atoms. The van der Waals surface area contributed by atoms with E-state index in [0.29, 0.717) is 25.9 Å². The van der Waals surface area contributed by atoms with Crippen molar-refractivity contribution in [3.05, 3.63) is 29.3 Å². The molecule has 0 radical (unpaired) electrons. The monoisotopic (exact) mass is 281 g/mol. The van der Waals surface area contributed by atoms with Crippen molar-refractivity contribution in [2.75, 3.05) is 13.1 Å². The van der Waals surface area contributed by atoms with Crippen molar-refractivity contribution in [3.63, 3.8) is 0 Å². The number of phenols is 1. The van der Waals surface area contributed by atoms with Gasteiger partial charge in [0.25, 0.3) is 11.8 Å². The highest BCUT2D eigenvalue weighted by Crippen LogP contribution is 2.18. The SMILES string of the molecule is O=CNCCCNC(=O)c1ccc(C(=O)NO)c(O)c1. The van der Waals surface area contributed by atoms with Crippen LogP contribution in [0.25, 0.3) is 0 Å². The van der Waals surface area contributed by atoms with Crippen LogP contribution >= 0.6 is 0 Å². The lowest BCUT2D eigenvalue weighted by molar-refractivity contribution is -0.109. The second-order valence-corrected chi connectivity index (χ2v) is 3.85. The molecule has 0 aliphatic rings. The quantitative estimate of drug-likeness (QED) is 0.197. The maximum absolute atomic E-state index is 11.7. The number of rotatable bonds is 7. The first-order valence-corrected chi connectivity index (χ1v) is 5.82. The first-order chi connectivity index (χ1) is 9.60. The summed E-state index contributed by atoms with van der Waals surface area (Å²) < 4.78 is 0. The lowest BCUT2D eigenvalue weighted by atomic mass is 10.1. The lowest BCUT2D eigenvalue weighted by Crippen LogP contribution is -2.27. The smallest absolute Gasteiger partial charge is 0.278 e. The van der Waals surface area contributed by atoms with Gasteiger partial charge in [0.1, 0.15) is 5.75 Å². The highest BCUT2D eigenvalue weighted by molar-refractivity contribution is 5.99. The summed E-state index contributed by atoms with van der Waals surface area (Å²) in [5.41, 5.74) is 1.43. The zero-order valence-electron chi connectivity index (χ0n) is 10.5. The van der Waals surface area contributed by atoms with Crippen molar-refractivity contribution in [2.24, 2.45) is 0 Å². The predicted molar refractivity (Wildman–Crippen MR) is 68.4 cm³/mol. The Morgan fingerprint density at radius 1 is 1.20 bits per heavy atom. The van der Waals surface area contributed by atoms with Gasteiger partial charge in [-0.25, -0.2) is 5.48 Å².